The first-order valence-electron chi connectivity index (χ1n) is 6.97. The molecule has 2 aromatic carbocycles. The summed E-state index contributed by atoms with van der Waals surface area (Å²) in [5.41, 5.74) is 0.261. The predicted molar refractivity (Wildman–Crippen MR) is 87.9 cm³/mol. The summed E-state index contributed by atoms with van der Waals surface area (Å²) in [7, 11) is 0. The molecule has 7 heteroatoms. The number of hydrogen-bond acceptors (Lipinski definition) is 4. The molecule has 1 N–H and O–H groups in total. The van der Waals surface area contributed by atoms with E-state index in [-0.39, 0.29) is 11.6 Å². The van der Waals surface area contributed by atoms with Crippen LogP contribution >= 0.6 is 11.6 Å². The molecule has 0 bridgehead atoms. The maximum Gasteiger partial charge on any atom is 0.271 e. The molecule has 120 valence electrons. The number of carbonyl (C=O) groups excluding carboxylic acids is 1. The van der Waals surface area contributed by atoms with Gasteiger partial charge in [-0.25, -0.2) is 0 Å². The van der Waals surface area contributed by atoms with Crippen LogP contribution in [0.4, 0.5) is 11.4 Å². The Balaban J connectivity index is 2.06. The van der Waals surface area contributed by atoms with Gasteiger partial charge in [-0.2, -0.15) is 0 Å². The highest BCUT2D eigenvalue weighted by molar-refractivity contribution is 6.30. The lowest BCUT2D eigenvalue weighted by molar-refractivity contribution is -0.384. The normalized spacial score (nSPS) is 11.6. The van der Waals surface area contributed by atoms with Gasteiger partial charge in [0, 0.05) is 22.8 Å². The number of nitrogens with zero attached hydrogens (tertiary/aromatic N) is 1. The Morgan fingerprint density at radius 2 is 2.00 bits per heavy atom. The monoisotopic (exact) mass is 334 g/mol. The molecule has 0 aliphatic heterocycles. The van der Waals surface area contributed by atoms with Crippen LogP contribution in [0.25, 0.3) is 0 Å². The summed E-state index contributed by atoms with van der Waals surface area (Å²) in [6.07, 6.45) is -0.265. The Hall–Kier alpha value is -2.60. The topological polar surface area (TPSA) is 81.5 Å². The second-order valence-electron chi connectivity index (χ2n) is 4.77. The number of nitro groups is 1. The highest BCUT2D eigenvalue weighted by atomic mass is 35.5. The van der Waals surface area contributed by atoms with E-state index in [2.05, 4.69) is 5.32 Å². The summed E-state index contributed by atoms with van der Waals surface area (Å²) in [6.45, 7) is 1.81. The summed E-state index contributed by atoms with van der Waals surface area (Å²) in [5, 5.41) is 14.0. The van der Waals surface area contributed by atoms with Crippen LogP contribution < -0.4 is 10.1 Å². The van der Waals surface area contributed by atoms with Crippen LogP contribution in [0.3, 0.4) is 0 Å². The number of rotatable bonds is 6. The summed E-state index contributed by atoms with van der Waals surface area (Å²) >= 11 is 5.80. The minimum absolute atomic E-state index is 0.0885. The van der Waals surface area contributed by atoms with Crippen molar-refractivity contribution < 1.29 is 14.5 Å². The van der Waals surface area contributed by atoms with Crippen LogP contribution in [0.15, 0.2) is 48.5 Å². The van der Waals surface area contributed by atoms with Crippen LogP contribution in [0.5, 0.6) is 5.75 Å². The molecule has 23 heavy (non-hydrogen) atoms. The van der Waals surface area contributed by atoms with Crippen molar-refractivity contribution in [2.45, 2.75) is 19.4 Å². The van der Waals surface area contributed by atoms with Gasteiger partial charge in [0.2, 0.25) is 0 Å². The lowest BCUT2D eigenvalue weighted by atomic mass is 10.2. The van der Waals surface area contributed by atoms with Crippen LogP contribution in [0.1, 0.15) is 13.3 Å². The molecule has 1 atom stereocenters. The molecular weight excluding hydrogens is 320 g/mol. The van der Waals surface area contributed by atoms with Crippen molar-refractivity contribution in [3.05, 3.63) is 63.7 Å². The third-order valence-electron chi connectivity index (χ3n) is 3.08. The maximum atomic E-state index is 12.3. The number of non-ortho nitro benzene ring substituents is 1. The first-order chi connectivity index (χ1) is 11.0. The van der Waals surface area contributed by atoms with Gasteiger partial charge >= 0.3 is 0 Å². The van der Waals surface area contributed by atoms with Crippen molar-refractivity contribution in [3.63, 3.8) is 0 Å². The third-order valence-corrected chi connectivity index (χ3v) is 3.33. The summed E-state index contributed by atoms with van der Waals surface area (Å²) < 4.78 is 5.63. The first-order valence-corrected chi connectivity index (χ1v) is 7.35. The van der Waals surface area contributed by atoms with E-state index in [1.165, 1.54) is 18.2 Å². The third kappa shape index (κ3) is 4.69. The van der Waals surface area contributed by atoms with Gasteiger partial charge in [-0.05, 0) is 36.8 Å². The van der Waals surface area contributed by atoms with E-state index in [4.69, 9.17) is 16.3 Å². The van der Waals surface area contributed by atoms with E-state index in [1.54, 1.807) is 30.3 Å². The molecule has 0 unspecified atom stereocenters. The Morgan fingerprint density at radius 3 is 2.61 bits per heavy atom. The number of halogens is 1. The fraction of sp³-hybridized carbons (Fsp3) is 0.188. The Labute approximate surface area is 138 Å². The molecule has 0 aromatic heterocycles. The quantitative estimate of drug-likeness (QED) is 0.638. The zero-order valence-electron chi connectivity index (χ0n) is 12.4. The Morgan fingerprint density at radius 1 is 1.30 bits per heavy atom. The maximum absolute atomic E-state index is 12.3. The Kier molecular flexibility index (Phi) is 5.54. The number of anilines is 1. The lowest BCUT2D eigenvalue weighted by Crippen LogP contribution is -2.32. The van der Waals surface area contributed by atoms with Crippen LogP contribution in [-0.2, 0) is 4.79 Å². The van der Waals surface area contributed by atoms with Crippen molar-refractivity contribution in [1.29, 1.82) is 0 Å². The minimum atomic E-state index is -0.713. The average Bonchev–Trinajstić information content (AvgIpc) is 2.54. The van der Waals surface area contributed by atoms with E-state index in [0.717, 1.165) is 0 Å². The second-order valence-corrected chi connectivity index (χ2v) is 5.20. The van der Waals surface area contributed by atoms with Gasteiger partial charge in [0.05, 0.1) is 4.92 Å². The highest BCUT2D eigenvalue weighted by Crippen LogP contribution is 2.20. The van der Waals surface area contributed by atoms with Gasteiger partial charge in [-0.1, -0.05) is 24.6 Å². The molecule has 0 saturated heterocycles. The molecular formula is C16H15ClN2O4. The van der Waals surface area contributed by atoms with E-state index >= 15 is 0 Å². The molecule has 0 spiro atoms. The molecule has 0 fully saturated rings. The number of hydrogen-bond donors (Lipinski definition) is 1. The van der Waals surface area contributed by atoms with Crippen molar-refractivity contribution in [2.24, 2.45) is 0 Å². The van der Waals surface area contributed by atoms with Gasteiger partial charge in [0.25, 0.3) is 11.6 Å². The predicted octanol–water partition coefficient (Wildman–Crippen LogP) is 4.04. The van der Waals surface area contributed by atoms with Crippen molar-refractivity contribution >= 4 is 28.9 Å². The molecule has 2 rings (SSSR count). The average molecular weight is 335 g/mol. The number of ether oxygens (including phenoxy) is 1. The van der Waals surface area contributed by atoms with E-state index in [9.17, 15) is 14.9 Å². The fourth-order valence-corrected chi connectivity index (χ4v) is 2.05. The molecule has 0 heterocycles. The zero-order chi connectivity index (χ0) is 16.8. The highest BCUT2D eigenvalue weighted by Gasteiger charge is 2.19. The van der Waals surface area contributed by atoms with Gasteiger partial charge in [-0.3, -0.25) is 14.9 Å². The second kappa shape index (κ2) is 7.60. The molecule has 6 nitrogen and oxygen atoms in total. The molecule has 2 aromatic rings. The van der Waals surface area contributed by atoms with Gasteiger partial charge in [-0.15, -0.1) is 0 Å². The van der Waals surface area contributed by atoms with E-state index in [0.29, 0.717) is 22.9 Å². The number of amides is 1. The zero-order valence-corrected chi connectivity index (χ0v) is 13.1. The largest absolute Gasteiger partial charge is 0.481 e. The summed E-state index contributed by atoms with van der Waals surface area (Å²) in [5.74, 6) is 0.151. The number of nitro benzene ring substituents is 1. The molecule has 0 saturated carbocycles. The Bertz CT molecular complexity index is 703. The van der Waals surface area contributed by atoms with Crippen molar-refractivity contribution in [1.82, 2.24) is 0 Å². The van der Waals surface area contributed by atoms with Gasteiger partial charge < -0.3 is 10.1 Å². The molecule has 0 aliphatic carbocycles. The van der Waals surface area contributed by atoms with Gasteiger partial charge in [0.15, 0.2) is 6.10 Å². The van der Waals surface area contributed by atoms with Crippen LogP contribution in [-0.4, -0.2) is 16.9 Å². The smallest absolute Gasteiger partial charge is 0.271 e. The molecule has 1 amide bonds. The van der Waals surface area contributed by atoms with Crippen molar-refractivity contribution in [3.8, 4) is 5.75 Å². The van der Waals surface area contributed by atoms with Crippen LogP contribution in [0, 0.1) is 10.1 Å². The molecule has 0 aliphatic rings. The summed E-state index contributed by atoms with van der Waals surface area (Å²) in [6, 6.07) is 12.4. The number of benzene rings is 2. The first kappa shape index (κ1) is 16.8. The minimum Gasteiger partial charge on any atom is -0.481 e. The van der Waals surface area contributed by atoms with Gasteiger partial charge in [0.1, 0.15) is 5.75 Å². The van der Waals surface area contributed by atoms with Crippen molar-refractivity contribution in [2.75, 3.05) is 5.32 Å². The standard InChI is InChI=1S/C16H15ClN2O4/c1-2-15(23-14-8-6-11(17)7-9-14)16(20)18-12-4-3-5-13(10-12)19(21)22/h3-10,15H,2H2,1H3,(H,18,20)/t15-/m0/s1. The SMILES string of the molecule is CC[C@H](Oc1ccc(Cl)cc1)C(=O)Nc1cccc([N+](=O)[O-])c1. The number of nitrogens with one attached hydrogen (secondary N) is 1. The van der Waals surface area contributed by atoms with E-state index in [1.807, 2.05) is 6.92 Å². The fourth-order valence-electron chi connectivity index (χ4n) is 1.92. The lowest BCUT2D eigenvalue weighted by Gasteiger charge is -2.17. The summed E-state index contributed by atoms with van der Waals surface area (Å²) in [4.78, 5) is 22.5. The van der Waals surface area contributed by atoms with E-state index < -0.39 is 11.0 Å². The number of carbonyl (C=O) groups is 1. The van der Waals surface area contributed by atoms with Crippen LogP contribution in [0.2, 0.25) is 5.02 Å². The molecule has 0 radical (unpaired) electrons.